The molecule has 2 aromatic rings. The Balaban J connectivity index is 1.91. The Morgan fingerprint density at radius 3 is 2.72 bits per heavy atom. The van der Waals surface area contributed by atoms with Gasteiger partial charge in [0.2, 0.25) is 0 Å². The van der Waals surface area contributed by atoms with Crippen LogP contribution in [0.1, 0.15) is 22.9 Å². The molecule has 0 aliphatic carbocycles. The third-order valence-electron chi connectivity index (χ3n) is 3.02. The normalized spacial score (nSPS) is 12.6. The molecule has 0 aliphatic rings. The molecule has 1 atom stereocenters. The summed E-state index contributed by atoms with van der Waals surface area (Å²) in [5.74, 6) is 3.01. The summed E-state index contributed by atoms with van der Waals surface area (Å²) in [6.45, 7) is 2.16. The molecule has 3 heteroatoms. The minimum absolute atomic E-state index is 0.395. The van der Waals surface area contributed by atoms with E-state index < -0.39 is 0 Å². The van der Waals surface area contributed by atoms with Crippen LogP contribution in [0.4, 0.5) is 0 Å². The van der Waals surface area contributed by atoms with E-state index in [1.165, 1.54) is 11.1 Å². The maximum atomic E-state index is 5.34. The van der Waals surface area contributed by atoms with Crippen LogP contribution in [0, 0.1) is 6.92 Å². The minimum atomic E-state index is 0.395. The molecule has 2 rings (SSSR count). The zero-order valence-electron chi connectivity index (χ0n) is 10.8. The molecule has 0 spiro atoms. The minimum Gasteiger partial charge on any atom is -0.468 e. The van der Waals surface area contributed by atoms with Crippen molar-refractivity contribution >= 4 is 11.8 Å². The molecule has 0 saturated carbocycles. The molecule has 0 fully saturated rings. The van der Waals surface area contributed by atoms with Gasteiger partial charge < -0.3 is 9.73 Å². The molecule has 0 saturated heterocycles. The lowest BCUT2D eigenvalue weighted by atomic mass is 10.0. The highest BCUT2D eigenvalue weighted by Gasteiger charge is 2.11. The Morgan fingerprint density at radius 2 is 2.06 bits per heavy atom. The summed E-state index contributed by atoms with van der Waals surface area (Å²) < 4.78 is 5.34. The third kappa shape index (κ3) is 3.40. The lowest BCUT2D eigenvalue weighted by molar-refractivity contribution is 0.530. The summed E-state index contributed by atoms with van der Waals surface area (Å²) in [6, 6.07) is 12.9. The Labute approximate surface area is 113 Å². The second-order valence-electron chi connectivity index (χ2n) is 4.29. The number of rotatable bonds is 6. The van der Waals surface area contributed by atoms with Crippen LogP contribution in [0.25, 0.3) is 0 Å². The Morgan fingerprint density at radius 1 is 1.22 bits per heavy atom. The van der Waals surface area contributed by atoms with Gasteiger partial charge in [-0.2, -0.15) is 11.8 Å². The predicted molar refractivity (Wildman–Crippen MR) is 77.8 cm³/mol. The SMILES string of the molecule is CNC(CSCc1ccco1)c1ccccc1C. The second kappa shape index (κ2) is 6.66. The van der Waals surface area contributed by atoms with Gasteiger partial charge in [-0.1, -0.05) is 24.3 Å². The number of nitrogens with one attached hydrogen (secondary N) is 1. The van der Waals surface area contributed by atoms with Crippen molar-refractivity contribution < 1.29 is 4.42 Å². The predicted octanol–water partition coefficient (Wildman–Crippen LogP) is 3.78. The van der Waals surface area contributed by atoms with E-state index in [0.717, 1.165) is 17.3 Å². The van der Waals surface area contributed by atoms with Gasteiger partial charge in [-0.25, -0.2) is 0 Å². The number of thioether (sulfide) groups is 1. The average Bonchev–Trinajstić information content (AvgIpc) is 2.89. The maximum absolute atomic E-state index is 5.34. The molecule has 2 nitrogen and oxygen atoms in total. The molecule has 1 heterocycles. The zero-order valence-corrected chi connectivity index (χ0v) is 11.7. The molecule has 0 aliphatic heterocycles. The summed E-state index contributed by atoms with van der Waals surface area (Å²) in [5, 5.41) is 3.39. The fourth-order valence-corrected chi connectivity index (χ4v) is 3.04. The van der Waals surface area contributed by atoms with E-state index in [1.807, 2.05) is 30.9 Å². The van der Waals surface area contributed by atoms with E-state index in [4.69, 9.17) is 4.42 Å². The van der Waals surface area contributed by atoms with Gasteiger partial charge in [0, 0.05) is 11.8 Å². The molecule has 1 aromatic carbocycles. The quantitative estimate of drug-likeness (QED) is 0.856. The second-order valence-corrected chi connectivity index (χ2v) is 5.32. The molecule has 96 valence electrons. The van der Waals surface area contributed by atoms with Crippen LogP contribution in [-0.2, 0) is 5.75 Å². The van der Waals surface area contributed by atoms with Crippen molar-refractivity contribution in [3.05, 3.63) is 59.5 Å². The summed E-state index contributed by atoms with van der Waals surface area (Å²) >= 11 is 1.89. The van der Waals surface area contributed by atoms with E-state index in [0.29, 0.717) is 6.04 Å². The third-order valence-corrected chi connectivity index (χ3v) is 4.08. The van der Waals surface area contributed by atoms with Crippen molar-refractivity contribution in [2.45, 2.75) is 18.7 Å². The Bertz CT molecular complexity index is 467. The van der Waals surface area contributed by atoms with E-state index in [-0.39, 0.29) is 0 Å². The van der Waals surface area contributed by atoms with Crippen molar-refractivity contribution in [1.82, 2.24) is 5.32 Å². The van der Waals surface area contributed by atoms with Crippen molar-refractivity contribution in [1.29, 1.82) is 0 Å². The monoisotopic (exact) mass is 261 g/mol. The van der Waals surface area contributed by atoms with Gasteiger partial charge in [-0.05, 0) is 37.2 Å². The van der Waals surface area contributed by atoms with E-state index in [9.17, 15) is 0 Å². The van der Waals surface area contributed by atoms with Crippen LogP contribution in [0.15, 0.2) is 47.1 Å². The standard InChI is InChI=1S/C15H19NOS/c1-12-6-3-4-8-14(12)15(16-2)11-18-10-13-7-5-9-17-13/h3-9,15-16H,10-11H2,1-2H3. The molecular formula is C15H19NOS. The smallest absolute Gasteiger partial charge is 0.113 e. The van der Waals surface area contributed by atoms with E-state index in [1.54, 1.807) is 6.26 Å². The molecule has 0 amide bonds. The first-order valence-electron chi connectivity index (χ1n) is 6.14. The zero-order chi connectivity index (χ0) is 12.8. The Kier molecular flexibility index (Phi) is 4.90. The molecule has 0 radical (unpaired) electrons. The van der Waals surface area contributed by atoms with Gasteiger partial charge in [-0.15, -0.1) is 0 Å². The van der Waals surface area contributed by atoms with Crippen LogP contribution in [0.2, 0.25) is 0 Å². The summed E-state index contributed by atoms with van der Waals surface area (Å²) in [7, 11) is 2.02. The molecule has 1 unspecified atom stereocenters. The molecule has 0 bridgehead atoms. The lowest BCUT2D eigenvalue weighted by Crippen LogP contribution is -2.19. The molecular weight excluding hydrogens is 242 g/mol. The summed E-state index contributed by atoms with van der Waals surface area (Å²) in [4.78, 5) is 0. The van der Waals surface area contributed by atoms with Gasteiger partial charge in [-0.3, -0.25) is 0 Å². The van der Waals surface area contributed by atoms with Crippen molar-refractivity contribution in [2.75, 3.05) is 12.8 Å². The topological polar surface area (TPSA) is 25.2 Å². The molecule has 18 heavy (non-hydrogen) atoms. The summed E-state index contributed by atoms with van der Waals surface area (Å²) in [6.07, 6.45) is 1.73. The fraction of sp³-hybridized carbons (Fsp3) is 0.333. The average molecular weight is 261 g/mol. The van der Waals surface area contributed by atoms with E-state index in [2.05, 4.69) is 36.5 Å². The number of furan rings is 1. The van der Waals surface area contributed by atoms with Crippen LogP contribution in [0.3, 0.4) is 0 Å². The summed E-state index contributed by atoms with van der Waals surface area (Å²) in [5.41, 5.74) is 2.72. The van der Waals surface area contributed by atoms with Gasteiger partial charge in [0.1, 0.15) is 5.76 Å². The highest BCUT2D eigenvalue weighted by Crippen LogP contribution is 2.23. The van der Waals surface area contributed by atoms with E-state index >= 15 is 0 Å². The fourth-order valence-electron chi connectivity index (χ4n) is 1.98. The van der Waals surface area contributed by atoms with Crippen molar-refractivity contribution in [3.63, 3.8) is 0 Å². The lowest BCUT2D eigenvalue weighted by Gasteiger charge is -2.18. The van der Waals surface area contributed by atoms with Crippen molar-refractivity contribution in [2.24, 2.45) is 0 Å². The van der Waals surface area contributed by atoms with Gasteiger partial charge in [0.15, 0.2) is 0 Å². The highest BCUT2D eigenvalue weighted by molar-refractivity contribution is 7.98. The van der Waals surface area contributed by atoms with Crippen molar-refractivity contribution in [3.8, 4) is 0 Å². The molecule has 1 aromatic heterocycles. The Hall–Kier alpha value is -1.19. The molecule has 1 N–H and O–H groups in total. The number of hydrogen-bond donors (Lipinski definition) is 1. The number of benzene rings is 1. The van der Waals surface area contributed by atoms with Crippen LogP contribution >= 0.6 is 11.8 Å². The first-order valence-corrected chi connectivity index (χ1v) is 7.29. The largest absolute Gasteiger partial charge is 0.468 e. The van der Waals surface area contributed by atoms with Gasteiger partial charge in [0.05, 0.1) is 12.0 Å². The van der Waals surface area contributed by atoms with Crippen LogP contribution in [-0.4, -0.2) is 12.8 Å². The maximum Gasteiger partial charge on any atom is 0.113 e. The van der Waals surface area contributed by atoms with Crippen LogP contribution in [0.5, 0.6) is 0 Å². The van der Waals surface area contributed by atoms with Gasteiger partial charge >= 0.3 is 0 Å². The number of hydrogen-bond acceptors (Lipinski definition) is 3. The first kappa shape index (κ1) is 13.2. The van der Waals surface area contributed by atoms with Crippen LogP contribution < -0.4 is 5.32 Å². The number of aryl methyl sites for hydroxylation is 1. The first-order chi connectivity index (χ1) is 8.81. The highest BCUT2D eigenvalue weighted by atomic mass is 32.2. The van der Waals surface area contributed by atoms with Gasteiger partial charge in [0.25, 0.3) is 0 Å².